The Morgan fingerprint density at radius 2 is 1.16 bits per heavy atom. The summed E-state index contributed by atoms with van der Waals surface area (Å²) in [6, 6.07) is 5.75. The van der Waals surface area contributed by atoms with Crippen LogP contribution in [-0.2, 0) is 25.5 Å². The highest BCUT2D eigenvalue weighted by molar-refractivity contribution is 5.78. The van der Waals surface area contributed by atoms with Crippen LogP contribution in [0.5, 0.6) is 0 Å². The van der Waals surface area contributed by atoms with Crippen molar-refractivity contribution in [3.63, 3.8) is 0 Å². The topological polar surface area (TPSA) is 65.7 Å². The summed E-state index contributed by atoms with van der Waals surface area (Å²) in [7, 11) is 0. The zero-order valence-electron chi connectivity index (χ0n) is 23.8. The van der Waals surface area contributed by atoms with Crippen LogP contribution >= 0.6 is 0 Å². The lowest BCUT2D eigenvalue weighted by molar-refractivity contribution is -0.698. The van der Waals surface area contributed by atoms with E-state index in [1.807, 2.05) is 35.2 Å². The molecule has 0 aliphatic carbocycles. The number of rotatable bonds is 25. The molecule has 0 saturated carbocycles. The maximum atomic E-state index is 11.9. The summed E-state index contributed by atoms with van der Waals surface area (Å²) in [6.45, 7) is 5.46. The van der Waals surface area contributed by atoms with Gasteiger partial charge in [0.15, 0.2) is 25.5 Å². The smallest absolute Gasteiger partial charge is 0.433 e. The standard InChI is InChI=1S/C31H54NO5/c1-3-4-5-6-7-8-9-10-11-12-13-14-15-16-17-21-25-35-27-30(29(2)33)28-37-31(34)36-26-24-32-22-19-18-20-23-32/h18-20,22-23,30H,3-17,21,24-28H2,1-2H3/q+1/t30-/m0/s1. The van der Waals surface area contributed by atoms with Crippen molar-refractivity contribution < 1.29 is 28.4 Å². The van der Waals surface area contributed by atoms with E-state index >= 15 is 0 Å². The molecule has 0 radical (unpaired) electrons. The monoisotopic (exact) mass is 520 g/mol. The lowest BCUT2D eigenvalue weighted by atomic mass is 10.0. The normalized spacial score (nSPS) is 11.8. The van der Waals surface area contributed by atoms with Crippen LogP contribution in [-0.4, -0.2) is 38.4 Å². The second-order valence-electron chi connectivity index (χ2n) is 10.2. The highest BCUT2D eigenvalue weighted by Gasteiger charge is 2.18. The van der Waals surface area contributed by atoms with Crippen LogP contribution in [0.25, 0.3) is 0 Å². The van der Waals surface area contributed by atoms with Gasteiger partial charge in [0.05, 0.1) is 12.5 Å². The lowest BCUT2D eigenvalue weighted by Gasteiger charge is -2.14. The molecule has 1 heterocycles. The summed E-state index contributed by atoms with van der Waals surface area (Å²) in [5, 5.41) is 0. The van der Waals surface area contributed by atoms with E-state index in [1.165, 1.54) is 96.8 Å². The Labute approximate surface area is 226 Å². The first kappa shape index (κ1) is 33.1. The number of unbranched alkanes of at least 4 members (excludes halogenated alkanes) is 15. The van der Waals surface area contributed by atoms with Gasteiger partial charge >= 0.3 is 6.16 Å². The van der Waals surface area contributed by atoms with Gasteiger partial charge in [-0.3, -0.25) is 4.79 Å². The molecule has 1 rings (SSSR count). The number of pyridine rings is 1. The fraction of sp³-hybridized carbons (Fsp3) is 0.774. The van der Waals surface area contributed by atoms with E-state index in [0.29, 0.717) is 13.2 Å². The Hall–Kier alpha value is -1.95. The number of Topliss-reactive ketones (excluding diaryl/α,β-unsaturated/α-hetero) is 1. The second-order valence-corrected chi connectivity index (χ2v) is 10.2. The zero-order valence-corrected chi connectivity index (χ0v) is 23.8. The molecule has 0 unspecified atom stereocenters. The molecule has 0 aromatic carbocycles. The van der Waals surface area contributed by atoms with Gasteiger partial charge in [-0.25, -0.2) is 9.36 Å². The maximum absolute atomic E-state index is 11.9. The van der Waals surface area contributed by atoms with E-state index in [0.717, 1.165) is 12.8 Å². The zero-order chi connectivity index (χ0) is 26.8. The highest BCUT2D eigenvalue weighted by Crippen LogP contribution is 2.14. The van der Waals surface area contributed by atoms with Gasteiger partial charge in [0.1, 0.15) is 12.4 Å². The van der Waals surface area contributed by atoms with Gasteiger partial charge in [-0.2, -0.15) is 0 Å². The number of ketones is 1. The average Bonchev–Trinajstić information content (AvgIpc) is 2.90. The quantitative estimate of drug-likeness (QED) is 0.0754. The first-order valence-electron chi connectivity index (χ1n) is 14.9. The predicted molar refractivity (Wildman–Crippen MR) is 148 cm³/mol. The number of hydrogen-bond donors (Lipinski definition) is 0. The first-order valence-corrected chi connectivity index (χ1v) is 14.9. The number of nitrogens with zero attached hydrogens (tertiary/aromatic N) is 1. The van der Waals surface area contributed by atoms with Crippen molar-refractivity contribution in [3.05, 3.63) is 30.6 Å². The molecular weight excluding hydrogens is 466 g/mol. The van der Waals surface area contributed by atoms with Crippen LogP contribution < -0.4 is 4.57 Å². The van der Waals surface area contributed by atoms with Gasteiger partial charge in [-0.1, -0.05) is 109 Å². The summed E-state index contributed by atoms with van der Waals surface area (Å²) in [5.74, 6) is -0.489. The Bertz CT molecular complexity index is 667. The van der Waals surface area contributed by atoms with E-state index in [-0.39, 0.29) is 25.6 Å². The van der Waals surface area contributed by atoms with Crippen molar-refractivity contribution in [2.75, 3.05) is 26.4 Å². The number of carbonyl (C=O) groups excluding carboxylic acids is 2. The summed E-state index contributed by atoms with van der Waals surface area (Å²) in [6.07, 6.45) is 24.5. The van der Waals surface area contributed by atoms with Gasteiger partial charge in [0, 0.05) is 18.7 Å². The minimum Gasteiger partial charge on any atom is -0.433 e. The number of carbonyl (C=O) groups is 2. The molecule has 212 valence electrons. The van der Waals surface area contributed by atoms with Crippen molar-refractivity contribution in [1.82, 2.24) is 0 Å². The van der Waals surface area contributed by atoms with Crippen LogP contribution in [0.4, 0.5) is 4.79 Å². The third-order valence-corrected chi connectivity index (χ3v) is 6.79. The molecule has 0 bridgehead atoms. The van der Waals surface area contributed by atoms with Gasteiger partial charge in [-0.05, 0) is 13.3 Å². The molecule has 1 atom stereocenters. The van der Waals surface area contributed by atoms with Gasteiger partial charge in [0.25, 0.3) is 0 Å². The third-order valence-electron chi connectivity index (χ3n) is 6.79. The van der Waals surface area contributed by atoms with Crippen molar-refractivity contribution in [2.24, 2.45) is 5.92 Å². The Balaban J connectivity index is 1.89. The lowest BCUT2D eigenvalue weighted by Crippen LogP contribution is -2.35. The SMILES string of the molecule is CCCCCCCCCCCCCCCCCCOC[C@@H](COC(=O)OCC[n+]1ccccc1)C(C)=O. The molecule has 6 nitrogen and oxygen atoms in total. The van der Waals surface area contributed by atoms with Crippen LogP contribution in [0.3, 0.4) is 0 Å². The Morgan fingerprint density at radius 3 is 1.68 bits per heavy atom. The van der Waals surface area contributed by atoms with Crippen molar-refractivity contribution >= 4 is 11.9 Å². The minimum atomic E-state index is -0.749. The van der Waals surface area contributed by atoms with Gasteiger partial charge in [-0.15, -0.1) is 0 Å². The number of hydrogen-bond acceptors (Lipinski definition) is 5. The largest absolute Gasteiger partial charge is 0.508 e. The molecule has 0 aliphatic rings. The molecule has 0 amide bonds. The molecule has 1 aromatic rings. The Kier molecular flexibility index (Phi) is 21.8. The Morgan fingerprint density at radius 1 is 0.649 bits per heavy atom. The molecule has 0 saturated heterocycles. The van der Waals surface area contributed by atoms with E-state index in [9.17, 15) is 9.59 Å². The van der Waals surface area contributed by atoms with Gasteiger partial charge < -0.3 is 14.2 Å². The summed E-state index contributed by atoms with van der Waals surface area (Å²) < 4.78 is 17.8. The first-order chi connectivity index (χ1) is 18.1. The van der Waals surface area contributed by atoms with Gasteiger partial charge in [0.2, 0.25) is 0 Å². The number of aromatic nitrogens is 1. The molecule has 0 fully saturated rings. The highest BCUT2D eigenvalue weighted by atomic mass is 16.7. The van der Waals surface area contributed by atoms with E-state index in [4.69, 9.17) is 14.2 Å². The van der Waals surface area contributed by atoms with E-state index in [2.05, 4.69) is 6.92 Å². The molecular formula is C31H54NO5+. The summed E-state index contributed by atoms with van der Waals surface area (Å²) >= 11 is 0. The summed E-state index contributed by atoms with van der Waals surface area (Å²) in [5.41, 5.74) is 0. The van der Waals surface area contributed by atoms with E-state index in [1.54, 1.807) is 0 Å². The molecule has 0 spiro atoms. The van der Waals surface area contributed by atoms with Crippen LogP contribution in [0.2, 0.25) is 0 Å². The predicted octanol–water partition coefficient (Wildman–Crippen LogP) is 7.61. The second kappa shape index (κ2) is 24.4. The van der Waals surface area contributed by atoms with Crippen LogP contribution in [0.15, 0.2) is 30.6 Å². The van der Waals surface area contributed by atoms with Crippen molar-refractivity contribution in [2.45, 2.75) is 123 Å². The third kappa shape index (κ3) is 20.8. The number of ether oxygens (including phenoxy) is 3. The molecule has 1 aromatic heterocycles. The fourth-order valence-electron chi connectivity index (χ4n) is 4.29. The molecule has 6 heteroatoms. The van der Waals surface area contributed by atoms with E-state index < -0.39 is 12.1 Å². The maximum Gasteiger partial charge on any atom is 0.508 e. The van der Waals surface area contributed by atoms with Crippen LogP contribution in [0, 0.1) is 5.92 Å². The van der Waals surface area contributed by atoms with Crippen LogP contribution in [0.1, 0.15) is 117 Å². The summed E-state index contributed by atoms with van der Waals surface area (Å²) in [4.78, 5) is 23.6. The fourth-order valence-corrected chi connectivity index (χ4v) is 4.29. The van der Waals surface area contributed by atoms with Crippen molar-refractivity contribution in [1.29, 1.82) is 0 Å². The van der Waals surface area contributed by atoms with Crippen molar-refractivity contribution in [3.8, 4) is 0 Å². The molecule has 37 heavy (non-hydrogen) atoms. The average molecular weight is 521 g/mol. The minimum absolute atomic E-state index is 0.00833. The molecule has 0 aliphatic heterocycles. The molecule has 0 N–H and O–H groups in total.